The molecule has 0 amide bonds. The van der Waals surface area contributed by atoms with E-state index in [-0.39, 0.29) is 5.82 Å². The molecular weight excluding hydrogens is 420 g/mol. The van der Waals surface area contributed by atoms with Crippen LogP contribution in [0.1, 0.15) is 5.56 Å². The van der Waals surface area contributed by atoms with Crippen LogP contribution in [0.15, 0.2) is 42.5 Å². The molecule has 150 valence electrons. The molecule has 1 fully saturated rings. The molecule has 1 aliphatic rings. The maximum absolute atomic E-state index is 14.2. The topological polar surface area (TPSA) is 27.7 Å². The Kier molecular flexibility index (Phi) is 7.88. The van der Waals surface area contributed by atoms with E-state index in [1.54, 1.807) is 24.3 Å². The van der Waals surface area contributed by atoms with Crippen molar-refractivity contribution in [2.45, 2.75) is 6.54 Å². The van der Waals surface area contributed by atoms with Gasteiger partial charge < -0.3 is 15.0 Å². The van der Waals surface area contributed by atoms with Gasteiger partial charge in [-0.3, -0.25) is 4.90 Å². The van der Waals surface area contributed by atoms with Gasteiger partial charge in [-0.05, 0) is 36.5 Å². The molecule has 1 N–H and O–H groups in total. The summed E-state index contributed by atoms with van der Waals surface area (Å²) >= 11 is 17.7. The quantitative estimate of drug-likeness (QED) is 0.657. The van der Waals surface area contributed by atoms with Crippen molar-refractivity contribution in [2.75, 3.05) is 44.7 Å². The van der Waals surface area contributed by atoms with E-state index in [0.29, 0.717) is 33.8 Å². The van der Waals surface area contributed by atoms with E-state index in [9.17, 15) is 4.39 Å². The van der Waals surface area contributed by atoms with Crippen LogP contribution in [0.2, 0.25) is 10.0 Å². The van der Waals surface area contributed by atoms with E-state index < -0.39 is 0 Å². The second kappa shape index (κ2) is 10.4. The molecule has 0 bridgehead atoms. The third-order valence-corrected chi connectivity index (χ3v) is 5.67. The third kappa shape index (κ3) is 6.03. The Morgan fingerprint density at radius 1 is 1.14 bits per heavy atom. The van der Waals surface area contributed by atoms with E-state index in [0.717, 1.165) is 38.5 Å². The standard InChI is InChI=1S/C20H22Cl2FN3OS/c21-17-6-5-16(13-18(17)22)24-20(28)26(8-7-25-9-11-27-12-10-25)14-15-3-1-2-4-19(15)23/h1-6,13H,7-12,14H2,(H,24,28). The molecule has 0 unspecified atom stereocenters. The van der Waals surface area contributed by atoms with E-state index >= 15 is 0 Å². The van der Waals surface area contributed by atoms with Crippen LogP contribution in [0.4, 0.5) is 10.1 Å². The zero-order chi connectivity index (χ0) is 19.9. The molecule has 0 radical (unpaired) electrons. The lowest BCUT2D eigenvalue weighted by Crippen LogP contribution is -2.44. The van der Waals surface area contributed by atoms with Crippen LogP contribution >= 0.6 is 35.4 Å². The Bertz CT molecular complexity index is 818. The van der Waals surface area contributed by atoms with Crippen LogP contribution in [-0.2, 0) is 11.3 Å². The summed E-state index contributed by atoms with van der Waals surface area (Å²) in [6.45, 7) is 5.12. The highest BCUT2D eigenvalue weighted by atomic mass is 35.5. The normalized spacial score (nSPS) is 14.7. The largest absolute Gasteiger partial charge is 0.379 e. The molecular formula is C20H22Cl2FN3OS. The number of morpholine rings is 1. The second-order valence-corrected chi connectivity index (χ2v) is 7.73. The Morgan fingerprint density at radius 3 is 2.61 bits per heavy atom. The number of nitrogens with one attached hydrogen (secondary N) is 1. The van der Waals surface area contributed by atoms with E-state index in [2.05, 4.69) is 10.2 Å². The lowest BCUT2D eigenvalue weighted by atomic mass is 10.2. The van der Waals surface area contributed by atoms with Crippen LogP contribution < -0.4 is 5.32 Å². The first-order valence-corrected chi connectivity index (χ1v) is 10.2. The summed E-state index contributed by atoms with van der Waals surface area (Å²) in [5.74, 6) is -0.240. The number of thiocarbonyl (C=S) groups is 1. The first kappa shape index (κ1) is 21.3. The fraction of sp³-hybridized carbons (Fsp3) is 0.350. The van der Waals surface area contributed by atoms with Crippen molar-refractivity contribution in [2.24, 2.45) is 0 Å². The molecule has 28 heavy (non-hydrogen) atoms. The minimum atomic E-state index is -0.240. The molecule has 2 aromatic rings. The van der Waals surface area contributed by atoms with Crippen molar-refractivity contribution in [3.63, 3.8) is 0 Å². The fourth-order valence-electron chi connectivity index (χ4n) is 2.95. The molecule has 1 heterocycles. The number of hydrogen-bond acceptors (Lipinski definition) is 3. The maximum Gasteiger partial charge on any atom is 0.173 e. The van der Waals surface area contributed by atoms with Gasteiger partial charge >= 0.3 is 0 Å². The SMILES string of the molecule is Fc1ccccc1CN(CCN1CCOCC1)C(=S)Nc1ccc(Cl)c(Cl)c1. The third-order valence-electron chi connectivity index (χ3n) is 4.57. The van der Waals surface area contributed by atoms with E-state index in [1.807, 2.05) is 17.0 Å². The maximum atomic E-state index is 14.2. The van der Waals surface area contributed by atoms with Crippen molar-refractivity contribution in [3.8, 4) is 0 Å². The van der Waals surface area contributed by atoms with Crippen LogP contribution in [0.5, 0.6) is 0 Å². The fourth-order valence-corrected chi connectivity index (χ4v) is 3.52. The average Bonchev–Trinajstić information content (AvgIpc) is 2.70. The molecule has 0 atom stereocenters. The highest BCUT2D eigenvalue weighted by molar-refractivity contribution is 7.80. The van der Waals surface area contributed by atoms with E-state index in [4.69, 9.17) is 40.2 Å². The Labute approximate surface area is 180 Å². The number of rotatable bonds is 6. The minimum Gasteiger partial charge on any atom is -0.379 e. The monoisotopic (exact) mass is 441 g/mol. The summed E-state index contributed by atoms with van der Waals surface area (Å²) in [4.78, 5) is 4.28. The van der Waals surface area contributed by atoms with E-state index in [1.165, 1.54) is 6.07 Å². The lowest BCUT2D eigenvalue weighted by Gasteiger charge is -2.31. The van der Waals surface area contributed by atoms with Gasteiger partial charge in [0, 0.05) is 44.0 Å². The van der Waals surface area contributed by atoms with Gasteiger partial charge in [-0.25, -0.2) is 4.39 Å². The number of halogens is 3. The molecule has 1 aliphatic heterocycles. The van der Waals surface area contributed by atoms with Gasteiger partial charge in [-0.15, -0.1) is 0 Å². The van der Waals surface area contributed by atoms with Gasteiger partial charge in [0.15, 0.2) is 5.11 Å². The Hall–Kier alpha value is -1.44. The van der Waals surface area contributed by atoms with Crippen molar-refractivity contribution >= 4 is 46.2 Å². The zero-order valence-electron chi connectivity index (χ0n) is 15.3. The molecule has 0 aromatic heterocycles. The molecule has 0 spiro atoms. The highest BCUT2D eigenvalue weighted by Gasteiger charge is 2.16. The minimum absolute atomic E-state index is 0.240. The summed E-state index contributed by atoms with van der Waals surface area (Å²) in [5.41, 5.74) is 1.34. The molecule has 2 aromatic carbocycles. The summed E-state index contributed by atoms with van der Waals surface area (Å²) in [6, 6.07) is 12.0. The lowest BCUT2D eigenvalue weighted by molar-refractivity contribution is 0.0358. The van der Waals surface area contributed by atoms with Gasteiger partial charge in [-0.1, -0.05) is 41.4 Å². The Morgan fingerprint density at radius 2 is 1.89 bits per heavy atom. The van der Waals surface area contributed by atoms with Crippen molar-refractivity contribution in [1.82, 2.24) is 9.80 Å². The van der Waals surface area contributed by atoms with Gasteiger partial charge in [0.2, 0.25) is 0 Å². The van der Waals surface area contributed by atoms with Gasteiger partial charge in [0.1, 0.15) is 5.82 Å². The number of ether oxygens (including phenoxy) is 1. The molecule has 0 saturated carbocycles. The summed E-state index contributed by atoms with van der Waals surface area (Å²) in [5, 5.41) is 4.62. The first-order chi connectivity index (χ1) is 13.5. The van der Waals surface area contributed by atoms with Crippen molar-refractivity contribution in [3.05, 3.63) is 63.9 Å². The Balaban J connectivity index is 1.70. The van der Waals surface area contributed by atoms with Crippen LogP contribution in [0.3, 0.4) is 0 Å². The van der Waals surface area contributed by atoms with Crippen LogP contribution in [-0.4, -0.2) is 54.3 Å². The number of benzene rings is 2. The van der Waals surface area contributed by atoms with Crippen molar-refractivity contribution in [1.29, 1.82) is 0 Å². The first-order valence-electron chi connectivity index (χ1n) is 9.07. The van der Waals surface area contributed by atoms with Gasteiger partial charge in [0.05, 0.1) is 23.3 Å². The molecule has 3 rings (SSSR count). The highest BCUT2D eigenvalue weighted by Crippen LogP contribution is 2.25. The number of nitrogens with zero attached hydrogens (tertiary/aromatic N) is 2. The van der Waals surface area contributed by atoms with Crippen LogP contribution in [0.25, 0.3) is 0 Å². The summed E-state index contributed by atoms with van der Waals surface area (Å²) in [7, 11) is 0. The van der Waals surface area contributed by atoms with Gasteiger partial charge in [0.25, 0.3) is 0 Å². The average molecular weight is 442 g/mol. The molecule has 1 saturated heterocycles. The predicted octanol–water partition coefficient (Wildman–Crippen LogP) is 4.66. The summed E-state index contributed by atoms with van der Waals surface area (Å²) < 4.78 is 19.6. The molecule has 8 heteroatoms. The van der Waals surface area contributed by atoms with Crippen LogP contribution in [0, 0.1) is 5.82 Å². The number of anilines is 1. The van der Waals surface area contributed by atoms with Crippen molar-refractivity contribution < 1.29 is 9.13 Å². The molecule has 0 aliphatic carbocycles. The number of hydrogen-bond donors (Lipinski definition) is 1. The predicted molar refractivity (Wildman–Crippen MR) is 117 cm³/mol. The smallest absolute Gasteiger partial charge is 0.173 e. The van der Waals surface area contributed by atoms with Gasteiger partial charge in [-0.2, -0.15) is 0 Å². The second-order valence-electron chi connectivity index (χ2n) is 6.53. The zero-order valence-corrected chi connectivity index (χ0v) is 17.7. The molecule has 4 nitrogen and oxygen atoms in total. The summed E-state index contributed by atoms with van der Waals surface area (Å²) in [6.07, 6.45) is 0.